The molecule has 0 spiro atoms. The highest BCUT2D eigenvalue weighted by Gasteiger charge is 2.49. The van der Waals surface area contributed by atoms with Crippen molar-refractivity contribution in [2.24, 2.45) is 4.99 Å². The number of rotatable bonds is 6. The molecule has 2 aliphatic rings. The molecule has 0 saturated carbocycles. The fraction of sp³-hybridized carbons (Fsp3) is 0.200. The minimum absolute atomic E-state index is 0.0153. The number of thioether (sulfide) groups is 1. The summed E-state index contributed by atoms with van der Waals surface area (Å²) in [6, 6.07) is 23.1. The lowest BCUT2D eigenvalue weighted by atomic mass is 10.2. The van der Waals surface area contributed by atoms with Crippen molar-refractivity contribution >= 4 is 50.0 Å². The largest absolute Gasteiger partial charge is 0.484 e. The molecule has 2 fully saturated rings. The van der Waals surface area contributed by atoms with Crippen molar-refractivity contribution in [3.63, 3.8) is 0 Å². The van der Waals surface area contributed by atoms with Gasteiger partial charge in [-0.2, -0.15) is 4.99 Å². The van der Waals surface area contributed by atoms with Crippen LogP contribution in [0.5, 0.6) is 17.2 Å². The predicted octanol–water partition coefficient (Wildman–Crippen LogP) is 4.81. The van der Waals surface area contributed by atoms with Crippen molar-refractivity contribution in [1.82, 2.24) is 0 Å². The topological polar surface area (TPSA) is 85.3 Å². The molecular formula is C25H21ClN2O5S2. The van der Waals surface area contributed by atoms with Gasteiger partial charge in [0.15, 0.2) is 21.6 Å². The van der Waals surface area contributed by atoms with Crippen LogP contribution in [0.2, 0.25) is 5.02 Å². The van der Waals surface area contributed by atoms with Crippen LogP contribution >= 0.6 is 23.4 Å². The molecule has 0 aromatic heterocycles. The number of ether oxygens (including phenoxy) is 2. The zero-order valence-corrected chi connectivity index (χ0v) is 20.8. The van der Waals surface area contributed by atoms with Gasteiger partial charge < -0.3 is 14.4 Å². The molecule has 0 radical (unpaired) electrons. The second-order valence-electron chi connectivity index (χ2n) is 8.11. The number of halogens is 1. The van der Waals surface area contributed by atoms with Crippen LogP contribution in [0.4, 0.5) is 5.69 Å². The number of amidine groups is 1. The van der Waals surface area contributed by atoms with Crippen molar-refractivity contribution < 1.29 is 22.7 Å². The first kappa shape index (κ1) is 23.7. The molecule has 35 heavy (non-hydrogen) atoms. The zero-order valence-electron chi connectivity index (χ0n) is 18.4. The number of nitrogens with zero attached hydrogens (tertiary/aromatic N) is 2. The van der Waals surface area contributed by atoms with Crippen LogP contribution in [0.15, 0.2) is 83.9 Å². The quantitative estimate of drug-likeness (QED) is 0.453. The van der Waals surface area contributed by atoms with Gasteiger partial charge in [0.25, 0.3) is 5.91 Å². The van der Waals surface area contributed by atoms with Gasteiger partial charge in [0, 0.05) is 16.0 Å². The molecule has 180 valence electrons. The van der Waals surface area contributed by atoms with E-state index in [1.54, 1.807) is 24.3 Å². The van der Waals surface area contributed by atoms with E-state index >= 15 is 0 Å². The minimum atomic E-state index is -3.16. The van der Waals surface area contributed by atoms with E-state index in [0.29, 0.717) is 27.4 Å². The maximum atomic E-state index is 12.6. The van der Waals surface area contributed by atoms with Crippen LogP contribution in [0.3, 0.4) is 0 Å². The van der Waals surface area contributed by atoms with E-state index in [1.165, 1.54) is 11.8 Å². The van der Waals surface area contributed by atoms with Crippen LogP contribution in [0.1, 0.15) is 0 Å². The average Bonchev–Trinajstić information content (AvgIpc) is 3.30. The Morgan fingerprint density at radius 2 is 1.60 bits per heavy atom. The van der Waals surface area contributed by atoms with E-state index in [1.807, 2.05) is 59.5 Å². The first-order valence-electron chi connectivity index (χ1n) is 10.9. The Labute approximate surface area is 212 Å². The standard InChI is InChI=1S/C25H21ClN2O5S2/c26-17-6-10-19(11-7-17)32-14-24(29)27-25-28(22-15-35(30,31)16-23(22)34-25)18-8-12-21(13-9-18)33-20-4-2-1-3-5-20/h1-13,22-23H,14-16H2/t22-,23+/m1/s1. The van der Waals surface area contributed by atoms with Crippen LogP contribution < -0.4 is 14.4 Å². The fourth-order valence-electron chi connectivity index (χ4n) is 3.98. The molecule has 2 heterocycles. The number of hydrogen-bond acceptors (Lipinski definition) is 6. The number of anilines is 1. The summed E-state index contributed by atoms with van der Waals surface area (Å²) >= 11 is 7.19. The fourth-order valence-corrected chi connectivity index (χ4v) is 8.04. The number of benzene rings is 3. The third kappa shape index (κ3) is 5.63. The number of aliphatic imine (C=N–C) groups is 1. The van der Waals surface area contributed by atoms with Gasteiger partial charge in [-0.15, -0.1) is 0 Å². The highest BCUT2D eigenvalue weighted by Crippen LogP contribution is 2.41. The molecule has 2 atom stereocenters. The number of carbonyl (C=O) groups is 1. The molecular weight excluding hydrogens is 508 g/mol. The Kier molecular flexibility index (Phi) is 6.73. The predicted molar refractivity (Wildman–Crippen MR) is 139 cm³/mol. The molecule has 0 aliphatic carbocycles. The van der Waals surface area contributed by atoms with Gasteiger partial charge >= 0.3 is 0 Å². The van der Waals surface area contributed by atoms with E-state index in [9.17, 15) is 13.2 Å². The van der Waals surface area contributed by atoms with Gasteiger partial charge in [-0.1, -0.05) is 41.6 Å². The minimum Gasteiger partial charge on any atom is -0.484 e. The van der Waals surface area contributed by atoms with Crippen molar-refractivity contribution in [3.05, 3.63) is 83.9 Å². The van der Waals surface area contributed by atoms with Crippen molar-refractivity contribution in [2.45, 2.75) is 11.3 Å². The second-order valence-corrected chi connectivity index (χ2v) is 11.9. The van der Waals surface area contributed by atoms with Gasteiger partial charge in [-0.3, -0.25) is 4.79 Å². The lowest BCUT2D eigenvalue weighted by molar-refractivity contribution is -0.119. The van der Waals surface area contributed by atoms with E-state index < -0.39 is 15.7 Å². The van der Waals surface area contributed by atoms with Crippen molar-refractivity contribution in [3.8, 4) is 17.2 Å². The van der Waals surface area contributed by atoms with Crippen LogP contribution in [-0.2, 0) is 14.6 Å². The van der Waals surface area contributed by atoms with E-state index in [2.05, 4.69) is 4.99 Å². The highest BCUT2D eigenvalue weighted by molar-refractivity contribution is 8.16. The third-order valence-electron chi connectivity index (χ3n) is 5.56. The van der Waals surface area contributed by atoms with Crippen molar-refractivity contribution in [1.29, 1.82) is 0 Å². The molecule has 1 amide bonds. The normalized spacial score (nSPS) is 21.6. The number of carbonyl (C=O) groups excluding carboxylic acids is 1. The third-order valence-corrected chi connectivity index (χ3v) is 9.02. The van der Waals surface area contributed by atoms with E-state index in [0.717, 1.165) is 5.69 Å². The number of sulfone groups is 1. The summed E-state index contributed by atoms with van der Waals surface area (Å²) in [5.74, 6) is 1.49. The maximum Gasteiger partial charge on any atom is 0.285 e. The van der Waals surface area contributed by atoms with E-state index in [-0.39, 0.29) is 29.4 Å². The number of para-hydroxylation sites is 1. The number of amides is 1. The van der Waals surface area contributed by atoms with Gasteiger partial charge in [0.05, 0.1) is 17.5 Å². The molecule has 5 rings (SSSR count). The van der Waals surface area contributed by atoms with Crippen LogP contribution in [-0.4, -0.2) is 48.9 Å². The Balaban J connectivity index is 1.35. The Hall–Kier alpha value is -3.01. The average molecular weight is 529 g/mol. The number of fused-ring (bicyclic) bond motifs is 1. The molecule has 7 nitrogen and oxygen atoms in total. The highest BCUT2D eigenvalue weighted by atomic mass is 35.5. The molecule has 2 aliphatic heterocycles. The number of hydrogen-bond donors (Lipinski definition) is 0. The first-order chi connectivity index (χ1) is 16.9. The Morgan fingerprint density at radius 1 is 0.943 bits per heavy atom. The Morgan fingerprint density at radius 3 is 2.31 bits per heavy atom. The first-order valence-corrected chi connectivity index (χ1v) is 13.9. The Bertz CT molecular complexity index is 1350. The summed E-state index contributed by atoms with van der Waals surface area (Å²) < 4.78 is 36.0. The summed E-state index contributed by atoms with van der Waals surface area (Å²) in [7, 11) is -3.16. The lowest BCUT2D eigenvalue weighted by Gasteiger charge is -2.24. The molecule has 2 saturated heterocycles. The van der Waals surface area contributed by atoms with Gasteiger partial charge in [0.1, 0.15) is 17.2 Å². The monoisotopic (exact) mass is 528 g/mol. The molecule has 0 unspecified atom stereocenters. The second kappa shape index (κ2) is 9.93. The van der Waals surface area contributed by atoms with E-state index in [4.69, 9.17) is 21.1 Å². The summed E-state index contributed by atoms with van der Waals surface area (Å²) in [5, 5.41) is 0.851. The lowest BCUT2D eigenvalue weighted by Crippen LogP contribution is -2.37. The van der Waals surface area contributed by atoms with Gasteiger partial charge in [-0.05, 0) is 60.7 Å². The molecule has 0 N–H and O–H groups in total. The van der Waals surface area contributed by atoms with Crippen molar-refractivity contribution in [2.75, 3.05) is 23.0 Å². The smallest absolute Gasteiger partial charge is 0.285 e. The van der Waals surface area contributed by atoms with Crippen LogP contribution in [0.25, 0.3) is 0 Å². The summed E-state index contributed by atoms with van der Waals surface area (Å²) in [6.45, 7) is -0.239. The molecule has 3 aromatic rings. The maximum absolute atomic E-state index is 12.6. The van der Waals surface area contributed by atoms with Crippen LogP contribution in [0, 0.1) is 0 Å². The summed E-state index contributed by atoms with van der Waals surface area (Å²) in [5.41, 5.74) is 0.743. The molecule has 0 bridgehead atoms. The van der Waals surface area contributed by atoms with Gasteiger partial charge in [0.2, 0.25) is 0 Å². The zero-order chi connectivity index (χ0) is 24.4. The molecule has 3 aromatic carbocycles. The SMILES string of the molecule is O=C(COc1ccc(Cl)cc1)N=C1S[C@H]2CS(=O)(=O)C[C@H]2N1c1ccc(Oc2ccccc2)cc1. The molecule has 10 heteroatoms. The van der Waals surface area contributed by atoms with Gasteiger partial charge in [-0.25, -0.2) is 8.42 Å². The summed E-state index contributed by atoms with van der Waals surface area (Å²) in [6.07, 6.45) is 0. The summed E-state index contributed by atoms with van der Waals surface area (Å²) in [4.78, 5) is 18.7.